The van der Waals surface area contributed by atoms with Crippen molar-refractivity contribution in [2.45, 2.75) is 43.9 Å². The highest BCUT2D eigenvalue weighted by Crippen LogP contribution is 2.43. The average Bonchev–Trinajstić information content (AvgIpc) is 2.70. The molecule has 0 radical (unpaired) electrons. The van der Waals surface area contributed by atoms with E-state index in [4.69, 9.17) is 5.26 Å². The highest BCUT2D eigenvalue weighted by Gasteiger charge is 2.42. The quantitative estimate of drug-likeness (QED) is 0.657. The summed E-state index contributed by atoms with van der Waals surface area (Å²) in [6, 6.07) is 6.78. The fourth-order valence-corrected chi connectivity index (χ4v) is 3.50. The molecule has 1 N–H and O–H groups in total. The first-order valence-corrected chi connectivity index (χ1v) is 6.75. The number of anilines is 1. The maximum absolute atomic E-state index is 11.2. The van der Waals surface area contributed by atoms with Crippen LogP contribution in [0.25, 0.3) is 0 Å². The van der Waals surface area contributed by atoms with Gasteiger partial charge < -0.3 is 10.0 Å². The van der Waals surface area contributed by atoms with Gasteiger partial charge in [0.15, 0.2) is 0 Å². The van der Waals surface area contributed by atoms with Crippen LogP contribution in [0, 0.1) is 21.4 Å². The van der Waals surface area contributed by atoms with Gasteiger partial charge in [-0.05, 0) is 37.8 Å². The number of piperidine rings is 1. The molecule has 6 heteroatoms. The lowest BCUT2D eigenvalue weighted by molar-refractivity contribution is -0.384. The zero-order valence-electron chi connectivity index (χ0n) is 10.9. The molecule has 2 unspecified atom stereocenters. The van der Waals surface area contributed by atoms with Crippen LogP contribution in [0.4, 0.5) is 11.4 Å². The van der Waals surface area contributed by atoms with Crippen molar-refractivity contribution in [2.24, 2.45) is 0 Å². The van der Waals surface area contributed by atoms with Gasteiger partial charge in [0.2, 0.25) is 0 Å². The summed E-state index contributed by atoms with van der Waals surface area (Å²) in [6.45, 7) is 0. The molecule has 1 aromatic carbocycles. The summed E-state index contributed by atoms with van der Waals surface area (Å²) in [5, 5.41) is 30.0. The van der Waals surface area contributed by atoms with Gasteiger partial charge in [-0.3, -0.25) is 10.1 Å². The Labute approximate surface area is 116 Å². The Morgan fingerprint density at radius 1 is 1.35 bits per heavy atom. The second-order valence-corrected chi connectivity index (χ2v) is 5.49. The van der Waals surface area contributed by atoms with E-state index < -0.39 is 4.92 Å². The Morgan fingerprint density at radius 2 is 2.00 bits per heavy atom. The molecular formula is C14H15N3O3. The van der Waals surface area contributed by atoms with Crippen molar-refractivity contribution in [1.82, 2.24) is 0 Å². The van der Waals surface area contributed by atoms with Crippen LogP contribution in [-0.2, 0) is 0 Å². The first kappa shape index (κ1) is 12.9. The fourth-order valence-electron chi connectivity index (χ4n) is 3.50. The molecule has 2 bridgehead atoms. The number of rotatable bonds is 2. The Balaban J connectivity index is 2.05. The Bertz CT molecular complexity index is 582. The van der Waals surface area contributed by atoms with E-state index in [-0.39, 0.29) is 23.9 Å². The van der Waals surface area contributed by atoms with E-state index in [1.807, 2.05) is 11.0 Å². The summed E-state index contributed by atoms with van der Waals surface area (Å²) < 4.78 is 0. The van der Waals surface area contributed by atoms with Crippen molar-refractivity contribution >= 4 is 11.4 Å². The molecule has 2 saturated heterocycles. The Hall–Kier alpha value is -2.13. The number of aliphatic hydroxyl groups is 1. The maximum atomic E-state index is 11.2. The van der Waals surface area contributed by atoms with Crippen LogP contribution < -0.4 is 4.90 Å². The molecule has 6 nitrogen and oxygen atoms in total. The second kappa shape index (κ2) is 4.76. The highest BCUT2D eigenvalue weighted by atomic mass is 16.6. The number of nitro benzene ring substituents is 1. The van der Waals surface area contributed by atoms with Gasteiger partial charge in [-0.15, -0.1) is 0 Å². The van der Waals surface area contributed by atoms with Crippen LogP contribution in [0.2, 0.25) is 0 Å². The lowest BCUT2D eigenvalue weighted by Gasteiger charge is -2.38. The van der Waals surface area contributed by atoms with E-state index in [0.29, 0.717) is 24.1 Å². The summed E-state index contributed by atoms with van der Waals surface area (Å²) >= 11 is 0. The highest BCUT2D eigenvalue weighted by molar-refractivity contribution is 5.67. The fraction of sp³-hybridized carbons (Fsp3) is 0.500. The number of nitriles is 1. The van der Waals surface area contributed by atoms with Crippen LogP contribution in [0.5, 0.6) is 0 Å². The normalized spacial score (nSPS) is 28.2. The maximum Gasteiger partial charge on any atom is 0.292 e. The van der Waals surface area contributed by atoms with Gasteiger partial charge in [0, 0.05) is 18.2 Å². The number of fused-ring (bicyclic) bond motifs is 2. The molecule has 0 amide bonds. The first-order valence-electron chi connectivity index (χ1n) is 6.75. The predicted molar refractivity (Wildman–Crippen MR) is 72.3 cm³/mol. The monoisotopic (exact) mass is 273 g/mol. The zero-order valence-corrected chi connectivity index (χ0v) is 10.9. The summed E-state index contributed by atoms with van der Waals surface area (Å²) in [7, 11) is 0. The average molecular weight is 273 g/mol. The molecule has 0 aliphatic carbocycles. The minimum atomic E-state index is -0.402. The van der Waals surface area contributed by atoms with Crippen LogP contribution in [0.3, 0.4) is 0 Å². The minimum absolute atomic E-state index is 0.0392. The number of hydrogen-bond acceptors (Lipinski definition) is 5. The van der Waals surface area contributed by atoms with E-state index >= 15 is 0 Å². The van der Waals surface area contributed by atoms with Gasteiger partial charge >= 0.3 is 0 Å². The molecule has 2 fully saturated rings. The molecule has 2 aliphatic heterocycles. The third kappa shape index (κ3) is 2.00. The molecule has 104 valence electrons. The first-order chi connectivity index (χ1) is 9.60. The lowest BCUT2D eigenvalue weighted by atomic mass is 9.98. The third-order valence-electron chi connectivity index (χ3n) is 4.29. The molecule has 1 aromatic rings. The molecule has 0 aromatic heterocycles. The van der Waals surface area contributed by atoms with E-state index in [2.05, 4.69) is 0 Å². The van der Waals surface area contributed by atoms with Gasteiger partial charge in [-0.25, -0.2) is 0 Å². The van der Waals surface area contributed by atoms with Crippen LogP contribution >= 0.6 is 0 Å². The summed E-state index contributed by atoms with van der Waals surface area (Å²) in [6.07, 6.45) is 2.85. The van der Waals surface area contributed by atoms with Gasteiger partial charge in [0.05, 0.1) is 22.7 Å². The van der Waals surface area contributed by atoms with Gasteiger partial charge in [-0.1, -0.05) is 0 Å². The van der Waals surface area contributed by atoms with Crippen LogP contribution in [0.1, 0.15) is 31.2 Å². The van der Waals surface area contributed by atoms with Crippen molar-refractivity contribution in [3.8, 4) is 6.07 Å². The summed E-state index contributed by atoms with van der Waals surface area (Å²) in [5.41, 5.74) is 0.988. The number of nitrogens with zero attached hydrogens (tertiary/aromatic N) is 3. The van der Waals surface area contributed by atoms with E-state index in [0.717, 1.165) is 12.8 Å². The van der Waals surface area contributed by atoms with E-state index in [9.17, 15) is 15.2 Å². The largest absolute Gasteiger partial charge is 0.393 e. The van der Waals surface area contributed by atoms with E-state index in [1.165, 1.54) is 12.1 Å². The molecule has 3 rings (SSSR count). The van der Waals surface area contributed by atoms with Gasteiger partial charge in [0.25, 0.3) is 5.69 Å². The standard InChI is InChI=1S/C14H15N3O3/c15-8-9-1-4-13(17(19)20)14(5-9)16-10-2-3-11(16)7-12(18)6-10/h1,4-5,10-12,18H,2-3,6-7H2. The SMILES string of the molecule is N#Cc1ccc([N+](=O)[O-])c(N2C3CCC2CC(O)C3)c1. The van der Waals surface area contributed by atoms with Crippen LogP contribution in [0.15, 0.2) is 18.2 Å². The van der Waals surface area contributed by atoms with E-state index in [1.54, 1.807) is 6.07 Å². The zero-order chi connectivity index (χ0) is 14.3. The molecular weight excluding hydrogens is 258 g/mol. The van der Waals surface area contributed by atoms with Crippen molar-refractivity contribution in [1.29, 1.82) is 5.26 Å². The number of aliphatic hydroxyl groups excluding tert-OH is 1. The molecule has 2 heterocycles. The van der Waals surface area contributed by atoms with Crippen LogP contribution in [-0.4, -0.2) is 28.2 Å². The number of hydrogen-bond donors (Lipinski definition) is 1. The topological polar surface area (TPSA) is 90.4 Å². The molecule has 0 spiro atoms. The molecule has 0 saturated carbocycles. The summed E-state index contributed by atoms with van der Waals surface area (Å²) in [4.78, 5) is 12.9. The number of nitro groups is 1. The second-order valence-electron chi connectivity index (χ2n) is 5.49. The van der Waals surface area contributed by atoms with Crippen molar-refractivity contribution < 1.29 is 10.0 Å². The lowest BCUT2D eigenvalue weighted by Crippen LogP contribution is -2.45. The Kier molecular flexibility index (Phi) is 3.07. The van der Waals surface area contributed by atoms with Crippen molar-refractivity contribution in [3.63, 3.8) is 0 Å². The summed E-state index contributed by atoms with van der Waals surface area (Å²) in [5.74, 6) is 0. The number of benzene rings is 1. The predicted octanol–water partition coefficient (Wildman–Crippen LogP) is 1.96. The molecule has 2 atom stereocenters. The van der Waals surface area contributed by atoms with Crippen molar-refractivity contribution in [2.75, 3.05) is 4.90 Å². The minimum Gasteiger partial charge on any atom is -0.393 e. The van der Waals surface area contributed by atoms with Crippen molar-refractivity contribution in [3.05, 3.63) is 33.9 Å². The third-order valence-corrected chi connectivity index (χ3v) is 4.29. The Morgan fingerprint density at radius 3 is 2.55 bits per heavy atom. The smallest absolute Gasteiger partial charge is 0.292 e. The van der Waals surface area contributed by atoms with Gasteiger partial charge in [-0.2, -0.15) is 5.26 Å². The molecule has 20 heavy (non-hydrogen) atoms. The van der Waals surface area contributed by atoms with Gasteiger partial charge in [0.1, 0.15) is 5.69 Å². The molecule has 2 aliphatic rings.